The molecule has 0 radical (unpaired) electrons. The fraction of sp³-hybridized carbons (Fsp3) is 0.333. The number of rotatable bonds is 8. The second-order valence-corrected chi connectivity index (χ2v) is 6.00. The topological polar surface area (TPSA) is 48.2 Å². The van der Waals surface area contributed by atoms with E-state index in [-0.39, 0.29) is 6.10 Å². The molecule has 0 aliphatic carbocycles. The Morgan fingerprint density at radius 2 is 1.64 bits per heavy atom. The molecule has 0 N–H and O–H groups in total. The number of hydrogen-bond acceptors (Lipinski definition) is 4. The van der Waals surface area contributed by atoms with Crippen molar-refractivity contribution in [2.75, 3.05) is 6.61 Å². The summed E-state index contributed by atoms with van der Waals surface area (Å²) in [6.45, 7) is 4.69. The van der Waals surface area contributed by atoms with Crippen molar-refractivity contribution >= 4 is 0 Å². The lowest BCUT2D eigenvalue weighted by atomic mass is 10.0. The van der Waals surface area contributed by atoms with E-state index in [1.54, 1.807) is 0 Å². The van der Waals surface area contributed by atoms with Crippen molar-refractivity contribution < 1.29 is 9.15 Å². The van der Waals surface area contributed by atoms with Crippen LogP contribution in [0.15, 0.2) is 59.0 Å². The number of hydrogen-bond donors (Lipinski definition) is 0. The summed E-state index contributed by atoms with van der Waals surface area (Å²) < 4.78 is 11.6. The molecule has 0 spiro atoms. The number of aryl methyl sites for hydroxylation is 1. The molecule has 4 heteroatoms. The van der Waals surface area contributed by atoms with Crippen molar-refractivity contribution in [3.63, 3.8) is 0 Å². The van der Waals surface area contributed by atoms with Crippen LogP contribution in [0.2, 0.25) is 0 Å². The van der Waals surface area contributed by atoms with E-state index in [0.717, 1.165) is 19.3 Å². The molecule has 0 aliphatic heterocycles. The zero-order chi connectivity index (χ0) is 17.5. The Labute approximate surface area is 148 Å². The summed E-state index contributed by atoms with van der Waals surface area (Å²) in [5.74, 6) is 1.25. The highest BCUT2D eigenvalue weighted by atomic mass is 16.5. The summed E-state index contributed by atoms with van der Waals surface area (Å²) in [6.07, 6.45) is 2.31. The second kappa shape index (κ2) is 8.58. The Bertz CT molecular complexity index is 766. The van der Waals surface area contributed by atoms with Gasteiger partial charge in [-0.1, -0.05) is 61.5 Å². The van der Waals surface area contributed by atoms with Crippen LogP contribution in [-0.2, 0) is 17.6 Å². The van der Waals surface area contributed by atoms with Gasteiger partial charge in [0.2, 0.25) is 11.8 Å². The lowest BCUT2D eigenvalue weighted by Crippen LogP contribution is -2.08. The van der Waals surface area contributed by atoms with Crippen LogP contribution >= 0.6 is 0 Å². The fourth-order valence-electron chi connectivity index (χ4n) is 2.81. The van der Waals surface area contributed by atoms with Gasteiger partial charge in [-0.2, -0.15) is 0 Å². The Hall–Kier alpha value is -2.46. The van der Waals surface area contributed by atoms with E-state index < -0.39 is 0 Å². The molecule has 1 heterocycles. The van der Waals surface area contributed by atoms with Crippen LogP contribution in [0.1, 0.15) is 43.7 Å². The molecule has 25 heavy (non-hydrogen) atoms. The minimum Gasteiger partial charge on any atom is -0.422 e. The average molecular weight is 336 g/mol. The Kier molecular flexibility index (Phi) is 5.96. The van der Waals surface area contributed by atoms with Gasteiger partial charge in [-0.3, -0.25) is 0 Å². The molecule has 130 valence electrons. The van der Waals surface area contributed by atoms with Gasteiger partial charge in [0, 0.05) is 19.4 Å². The standard InChI is InChI=1S/C21H24N2O2/c1-3-8-20-22-23-21(25-20)19(24-4-2)15-16-11-13-18(14-12-16)17-9-6-5-7-10-17/h5-7,9-14,19H,3-4,8,15H2,1-2H3. The van der Waals surface area contributed by atoms with Gasteiger partial charge in [-0.15, -0.1) is 10.2 Å². The van der Waals surface area contributed by atoms with E-state index in [1.165, 1.54) is 16.7 Å². The first-order valence-electron chi connectivity index (χ1n) is 8.88. The van der Waals surface area contributed by atoms with Crippen molar-refractivity contribution in [3.05, 3.63) is 71.9 Å². The molecule has 0 saturated carbocycles. The van der Waals surface area contributed by atoms with Crippen molar-refractivity contribution in [2.24, 2.45) is 0 Å². The Morgan fingerprint density at radius 3 is 2.32 bits per heavy atom. The normalized spacial score (nSPS) is 12.2. The van der Waals surface area contributed by atoms with Crippen LogP contribution in [0.5, 0.6) is 0 Å². The van der Waals surface area contributed by atoms with Gasteiger partial charge in [0.1, 0.15) is 6.10 Å². The number of benzene rings is 2. The van der Waals surface area contributed by atoms with Gasteiger partial charge in [0.25, 0.3) is 0 Å². The summed E-state index contributed by atoms with van der Waals surface area (Å²) in [5.41, 5.74) is 3.62. The lowest BCUT2D eigenvalue weighted by molar-refractivity contribution is 0.0422. The van der Waals surface area contributed by atoms with Crippen LogP contribution in [0.25, 0.3) is 11.1 Å². The lowest BCUT2D eigenvalue weighted by Gasteiger charge is -2.13. The van der Waals surface area contributed by atoms with Gasteiger partial charge < -0.3 is 9.15 Å². The van der Waals surface area contributed by atoms with Gasteiger partial charge in [-0.05, 0) is 30.0 Å². The predicted octanol–water partition coefficient (Wildman–Crippen LogP) is 5.01. The minimum atomic E-state index is -0.203. The van der Waals surface area contributed by atoms with E-state index in [1.807, 2.05) is 13.0 Å². The van der Waals surface area contributed by atoms with E-state index >= 15 is 0 Å². The molecule has 0 fully saturated rings. The smallest absolute Gasteiger partial charge is 0.245 e. The molecular weight excluding hydrogens is 312 g/mol. The van der Waals surface area contributed by atoms with E-state index in [0.29, 0.717) is 18.4 Å². The molecule has 3 rings (SSSR count). The van der Waals surface area contributed by atoms with Gasteiger partial charge in [0.05, 0.1) is 0 Å². The van der Waals surface area contributed by atoms with Crippen LogP contribution in [0.3, 0.4) is 0 Å². The number of ether oxygens (including phenoxy) is 1. The summed E-state index contributed by atoms with van der Waals surface area (Å²) in [7, 11) is 0. The number of nitrogens with zero attached hydrogens (tertiary/aromatic N) is 2. The third-order valence-electron chi connectivity index (χ3n) is 4.07. The van der Waals surface area contributed by atoms with E-state index in [4.69, 9.17) is 9.15 Å². The largest absolute Gasteiger partial charge is 0.422 e. The third-order valence-corrected chi connectivity index (χ3v) is 4.07. The maximum Gasteiger partial charge on any atom is 0.245 e. The van der Waals surface area contributed by atoms with Gasteiger partial charge >= 0.3 is 0 Å². The van der Waals surface area contributed by atoms with E-state index in [9.17, 15) is 0 Å². The predicted molar refractivity (Wildman–Crippen MR) is 98.2 cm³/mol. The van der Waals surface area contributed by atoms with Gasteiger partial charge in [0.15, 0.2) is 0 Å². The molecule has 1 unspecified atom stereocenters. The van der Waals surface area contributed by atoms with Crippen molar-refractivity contribution in [3.8, 4) is 11.1 Å². The Balaban J connectivity index is 1.73. The molecule has 3 aromatic rings. The molecule has 1 aromatic heterocycles. The summed E-state index contributed by atoms with van der Waals surface area (Å²) >= 11 is 0. The highest BCUT2D eigenvalue weighted by molar-refractivity contribution is 5.63. The van der Waals surface area contributed by atoms with Crippen molar-refractivity contribution in [1.82, 2.24) is 10.2 Å². The summed E-state index contributed by atoms with van der Waals surface area (Å²) in [5, 5.41) is 8.28. The molecule has 0 amide bonds. The maximum absolute atomic E-state index is 5.84. The molecule has 0 aliphatic rings. The zero-order valence-electron chi connectivity index (χ0n) is 14.8. The summed E-state index contributed by atoms with van der Waals surface area (Å²) in [4.78, 5) is 0. The quantitative estimate of drug-likeness (QED) is 0.580. The van der Waals surface area contributed by atoms with Crippen LogP contribution in [0, 0.1) is 0 Å². The first-order valence-corrected chi connectivity index (χ1v) is 8.88. The van der Waals surface area contributed by atoms with Gasteiger partial charge in [-0.25, -0.2) is 0 Å². The van der Waals surface area contributed by atoms with Crippen LogP contribution in [0.4, 0.5) is 0 Å². The molecular formula is C21H24N2O2. The average Bonchev–Trinajstić information content (AvgIpc) is 3.12. The molecule has 0 saturated heterocycles. The third kappa shape index (κ3) is 4.54. The molecule has 1 atom stereocenters. The molecule has 0 bridgehead atoms. The van der Waals surface area contributed by atoms with Crippen molar-refractivity contribution in [2.45, 2.75) is 39.2 Å². The summed E-state index contributed by atoms with van der Waals surface area (Å²) in [6, 6.07) is 18.9. The number of aromatic nitrogens is 2. The van der Waals surface area contributed by atoms with Crippen LogP contribution < -0.4 is 0 Å². The highest BCUT2D eigenvalue weighted by Crippen LogP contribution is 2.24. The van der Waals surface area contributed by atoms with Crippen molar-refractivity contribution in [1.29, 1.82) is 0 Å². The first-order chi connectivity index (χ1) is 12.3. The van der Waals surface area contributed by atoms with E-state index in [2.05, 4.69) is 65.7 Å². The van der Waals surface area contributed by atoms with Crippen LogP contribution in [-0.4, -0.2) is 16.8 Å². The zero-order valence-corrected chi connectivity index (χ0v) is 14.8. The maximum atomic E-state index is 5.84. The highest BCUT2D eigenvalue weighted by Gasteiger charge is 2.19. The monoisotopic (exact) mass is 336 g/mol. The Morgan fingerprint density at radius 1 is 0.920 bits per heavy atom. The SMILES string of the molecule is CCCc1nnc(C(Cc2ccc(-c3ccccc3)cc2)OCC)o1. The first kappa shape index (κ1) is 17.4. The second-order valence-electron chi connectivity index (χ2n) is 6.00. The molecule has 2 aromatic carbocycles. The minimum absolute atomic E-state index is 0.203. The molecule has 4 nitrogen and oxygen atoms in total. The fourth-order valence-corrected chi connectivity index (χ4v) is 2.81.